The van der Waals surface area contributed by atoms with Crippen LogP contribution in [0.15, 0.2) is 66.2 Å². The highest BCUT2D eigenvalue weighted by Gasteiger charge is 2.32. The fourth-order valence-corrected chi connectivity index (χ4v) is 3.25. The number of benzene rings is 3. The topological polar surface area (TPSA) is 43.4 Å². The van der Waals surface area contributed by atoms with Crippen LogP contribution in [-0.4, -0.2) is 18.2 Å². The molecule has 1 aliphatic rings. The Morgan fingerprint density at radius 3 is 2.16 bits per heavy atom. The molecule has 1 aliphatic carbocycles. The fraction of sp³-hybridized carbons (Fsp3) is 0.0909. The summed E-state index contributed by atoms with van der Waals surface area (Å²) >= 11 is 0. The molecule has 0 radical (unpaired) electrons. The van der Waals surface area contributed by atoms with E-state index in [1.807, 2.05) is 43.3 Å². The highest BCUT2D eigenvalue weighted by molar-refractivity contribution is 6.41. The lowest BCUT2D eigenvalue weighted by atomic mass is 9.99. The van der Waals surface area contributed by atoms with Crippen LogP contribution in [0.2, 0.25) is 0 Å². The Kier molecular flexibility index (Phi) is 3.69. The molecule has 0 aromatic heterocycles. The third-order valence-electron chi connectivity index (χ3n) is 4.42. The fourth-order valence-electron chi connectivity index (χ4n) is 3.25. The van der Waals surface area contributed by atoms with E-state index in [2.05, 4.69) is 0 Å². The van der Waals surface area contributed by atoms with Gasteiger partial charge in [0.15, 0.2) is 11.6 Å². The maximum absolute atomic E-state index is 12.7. The highest BCUT2D eigenvalue weighted by atomic mass is 16.5. The lowest BCUT2D eigenvalue weighted by Crippen LogP contribution is -2.02. The summed E-state index contributed by atoms with van der Waals surface area (Å²) in [5.41, 5.74) is 1.90. The summed E-state index contributed by atoms with van der Waals surface area (Å²) in [5, 5.41) is 1.99. The molecule has 0 unspecified atom stereocenters. The van der Waals surface area contributed by atoms with Gasteiger partial charge in [-0.3, -0.25) is 9.59 Å². The maximum atomic E-state index is 12.7. The van der Waals surface area contributed by atoms with Crippen molar-refractivity contribution in [3.63, 3.8) is 0 Å². The van der Waals surface area contributed by atoms with E-state index in [1.165, 1.54) is 0 Å². The number of fused-ring (bicyclic) bond motifs is 2. The summed E-state index contributed by atoms with van der Waals surface area (Å²) in [6.45, 7) is 2.42. The van der Waals surface area contributed by atoms with Crippen molar-refractivity contribution in [3.05, 3.63) is 82.9 Å². The molecule has 3 nitrogen and oxygen atoms in total. The van der Waals surface area contributed by atoms with Gasteiger partial charge in [-0.1, -0.05) is 54.6 Å². The Hall–Kier alpha value is -3.20. The van der Waals surface area contributed by atoms with Gasteiger partial charge in [-0.15, -0.1) is 0 Å². The molecule has 0 saturated heterocycles. The Labute approximate surface area is 145 Å². The van der Waals surface area contributed by atoms with Crippen LogP contribution in [0.3, 0.4) is 0 Å². The first-order valence-electron chi connectivity index (χ1n) is 8.25. The van der Waals surface area contributed by atoms with Crippen molar-refractivity contribution in [2.75, 3.05) is 6.61 Å². The van der Waals surface area contributed by atoms with Crippen LogP contribution in [-0.2, 0) is 0 Å². The van der Waals surface area contributed by atoms with Crippen LogP contribution in [0.25, 0.3) is 16.8 Å². The molecular formula is C22H16O3. The van der Waals surface area contributed by atoms with Crippen LogP contribution in [0.4, 0.5) is 0 Å². The molecule has 0 amide bonds. The van der Waals surface area contributed by atoms with Gasteiger partial charge in [-0.05, 0) is 29.8 Å². The van der Waals surface area contributed by atoms with E-state index in [-0.39, 0.29) is 17.1 Å². The second kappa shape index (κ2) is 6.02. The van der Waals surface area contributed by atoms with Crippen molar-refractivity contribution < 1.29 is 14.3 Å². The third kappa shape index (κ3) is 2.45. The molecule has 0 fully saturated rings. The average Bonchev–Trinajstić information content (AvgIpc) is 2.89. The van der Waals surface area contributed by atoms with Gasteiger partial charge >= 0.3 is 0 Å². The summed E-state index contributed by atoms with van der Waals surface area (Å²) < 4.78 is 5.74. The van der Waals surface area contributed by atoms with E-state index in [9.17, 15) is 9.59 Å². The van der Waals surface area contributed by atoms with Gasteiger partial charge < -0.3 is 4.74 Å². The molecule has 0 aliphatic heterocycles. The summed E-state index contributed by atoms with van der Waals surface area (Å²) in [7, 11) is 0. The highest BCUT2D eigenvalue weighted by Crippen LogP contribution is 2.34. The molecule has 4 rings (SSSR count). The van der Waals surface area contributed by atoms with Gasteiger partial charge in [0.2, 0.25) is 0 Å². The Morgan fingerprint density at radius 1 is 0.840 bits per heavy atom. The number of Topliss-reactive ketones (excluding diaryl/α,β-unsaturated/α-hetero) is 2. The molecule has 0 N–H and O–H groups in total. The zero-order chi connectivity index (χ0) is 17.4. The SMILES string of the molecule is CCOc1ccc2ccccc2c1C=C1C(=O)c2ccccc2C1=O. The maximum Gasteiger partial charge on any atom is 0.197 e. The molecule has 25 heavy (non-hydrogen) atoms. The largest absolute Gasteiger partial charge is 0.493 e. The van der Waals surface area contributed by atoms with Gasteiger partial charge in [0.05, 0.1) is 12.2 Å². The standard InChI is InChI=1S/C22H16O3/c1-2-25-20-12-11-14-7-3-4-8-15(14)18(20)13-19-21(23)16-9-5-6-10-17(16)22(19)24/h3-13H,2H2,1H3. The number of hydrogen-bond acceptors (Lipinski definition) is 3. The zero-order valence-electron chi connectivity index (χ0n) is 13.8. The summed E-state index contributed by atoms with van der Waals surface area (Å²) in [6.07, 6.45) is 1.68. The minimum absolute atomic E-state index is 0.193. The first-order chi connectivity index (χ1) is 12.2. The number of allylic oxidation sites excluding steroid dienone is 1. The predicted octanol–water partition coefficient (Wildman–Crippen LogP) is 4.70. The summed E-state index contributed by atoms with van der Waals surface area (Å²) in [5.74, 6) is 0.220. The minimum Gasteiger partial charge on any atom is -0.493 e. The number of ketones is 2. The molecule has 0 spiro atoms. The van der Waals surface area contributed by atoms with E-state index in [0.717, 1.165) is 16.3 Å². The molecule has 0 saturated carbocycles. The Balaban J connectivity index is 1.94. The quantitative estimate of drug-likeness (QED) is 0.517. The van der Waals surface area contributed by atoms with Gasteiger partial charge in [-0.2, -0.15) is 0 Å². The number of carbonyl (C=O) groups is 2. The summed E-state index contributed by atoms with van der Waals surface area (Å²) in [4.78, 5) is 25.4. The van der Waals surface area contributed by atoms with Gasteiger partial charge in [-0.25, -0.2) is 0 Å². The van der Waals surface area contributed by atoms with Crippen LogP contribution in [0.1, 0.15) is 33.2 Å². The Morgan fingerprint density at radius 2 is 1.48 bits per heavy atom. The van der Waals surface area contributed by atoms with Crippen molar-refractivity contribution in [3.8, 4) is 5.75 Å². The number of ether oxygens (including phenoxy) is 1. The van der Waals surface area contributed by atoms with Gasteiger partial charge in [0, 0.05) is 16.7 Å². The number of hydrogen-bond donors (Lipinski definition) is 0. The minimum atomic E-state index is -0.226. The van der Waals surface area contributed by atoms with Crippen molar-refractivity contribution in [1.82, 2.24) is 0 Å². The first kappa shape index (κ1) is 15.3. The van der Waals surface area contributed by atoms with Crippen molar-refractivity contribution in [2.24, 2.45) is 0 Å². The smallest absolute Gasteiger partial charge is 0.197 e. The van der Waals surface area contributed by atoms with E-state index in [0.29, 0.717) is 23.5 Å². The van der Waals surface area contributed by atoms with E-state index < -0.39 is 0 Å². The normalized spacial score (nSPS) is 13.2. The Bertz CT molecular complexity index is 1010. The molecule has 122 valence electrons. The van der Waals surface area contributed by atoms with Crippen LogP contribution in [0.5, 0.6) is 5.75 Å². The molecule has 3 aromatic carbocycles. The lowest BCUT2D eigenvalue weighted by Gasteiger charge is -2.11. The van der Waals surface area contributed by atoms with Crippen molar-refractivity contribution in [1.29, 1.82) is 0 Å². The van der Waals surface area contributed by atoms with Crippen LogP contribution < -0.4 is 4.74 Å². The molecule has 3 aromatic rings. The van der Waals surface area contributed by atoms with Crippen molar-refractivity contribution in [2.45, 2.75) is 6.92 Å². The van der Waals surface area contributed by atoms with E-state index >= 15 is 0 Å². The number of rotatable bonds is 3. The molecular weight excluding hydrogens is 312 g/mol. The molecule has 3 heteroatoms. The second-order valence-corrected chi connectivity index (χ2v) is 5.89. The van der Waals surface area contributed by atoms with E-state index in [4.69, 9.17) is 4.74 Å². The lowest BCUT2D eigenvalue weighted by molar-refractivity contribution is 0.0990. The predicted molar refractivity (Wildman–Crippen MR) is 98.2 cm³/mol. The third-order valence-corrected chi connectivity index (χ3v) is 4.42. The van der Waals surface area contributed by atoms with E-state index in [1.54, 1.807) is 30.3 Å². The van der Waals surface area contributed by atoms with Crippen LogP contribution in [0, 0.1) is 0 Å². The van der Waals surface area contributed by atoms with Gasteiger partial charge in [0.1, 0.15) is 5.75 Å². The van der Waals surface area contributed by atoms with Crippen LogP contribution >= 0.6 is 0 Å². The summed E-state index contributed by atoms with van der Waals surface area (Å²) in [6, 6.07) is 18.7. The first-order valence-corrected chi connectivity index (χ1v) is 8.25. The zero-order valence-corrected chi connectivity index (χ0v) is 13.8. The molecule has 0 bridgehead atoms. The second-order valence-electron chi connectivity index (χ2n) is 5.89. The average molecular weight is 328 g/mol. The molecule has 0 atom stereocenters. The monoisotopic (exact) mass is 328 g/mol. The number of carbonyl (C=O) groups excluding carboxylic acids is 2. The molecule has 0 heterocycles. The van der Waals surface area contributed by atoms with Gasteiger partial charge in [0.25, 0.3) is 0 Å². The van der Waals surface area contributed by atoms with Crippen molar-refractivity contribution >= 4 is 28.4 Å².